The average molecular weight is 437 g/mol. The Morgan fingerprint density at radius 2 is 1.50 bits per heavy atom. The van der Waals surface area contributed by atoms with Crippen molar-refractivity contribution in [3.63, 3.8) is 0 Å². The zero-order valence-corrected chi connectivity index (χ0v) is 21.1. The van der Waals surface area contributed by atoms with Gasteiger partial charge in [-0.05, 0) is 59.1 Å². The number of rotatable bonds is 18. The summed E-state index contributed by atoms with van der Waals surface area (Å²) < 4.78 is 22.6. The molecular weight excluding hydrogens is 392 g/mol. The first-order valence-corrected chi connectivity index (χ1v) is 13.9. The molecule has 0 radical (unpaired) electrons. The van der Waals surface area contributed by atoms with E-state index in [0.29, 0.717) is 26.4 Å². The predicted molar refractivity (Wildman–Crippen MR) is 121 cm³/mol. The SMILES string of the molecule is CCO[Si](CCCSC(C)(C)C(=O)OCCCCCC(C)C)(OCC)OCC. The van der Waals surface area contributed by atoms with Crippen LogP contribution in [0, 0.1) is 5.92 Å². The van der Waals surface area contributed by atoms with Gasteiger partial charge in [0, 0.05) is 25.9 Å². The number of thioether (sulfide) groups is 1. The van der Waals surface area contributed by atoms with Crippen molar-refractivity contribution in [3.8, 4) is 0 Å². The predicted octanol–water partition coefficient (Wildman–Crippen LogP) is 5.70. The highest BCUT2D eigenvalue weighted by Gasteiger charge is 2.40. The lowest BCUT2D eigenvalue weighted by Gasteiger charge is -2.29. The van der Waals surface area contributed by atoms with Gasteiger partial charge in [-0.1, -0.05) is 33.1 Å². The highest BCUT2D eigenvalue weighted by atomic mass is 32.2. The molecule has 0 saturated carbocycles. The minimum Gasteiger partial charge on any atom is -0.465 e. The zero-order valence-electron chi connectivity index (χ0n) is 19.3. The van der Waals surface area contributed by atoms with Gasteiger partial charge in [0.1, 0.15) is 4.75 Å². The highest BCUT2D eigenvalue weighted by Crippen LogP contribution is 2.29. The first kappa shape index (κ1) is 27.9. The Morgan fingerprint density at radius 3 is 2.00 bits per heavy atom. The van der Waals surface area contributed by atoms with Gasteiger partial charge < -0.3 is 18.0 Å². The standard InChI is InChI=1S/C21H44O5SSi/c1-8-24-28(25-9-2,26-10-3)18-14-17-27-21(6,7)20(22)23-16-13-11-12-15-19(4)5/h19H,8-18H2,1-7H3. The van der Waals surface area contributed by atoms with Crippen molar-refractivity contribution in [2.45, 2.75) is 91.4 Å². The van der Waals surface area contributed by atoms with E-state index < -0.39 is 13.6 Å². The van der Waals surface area contributed by atoms with Gasteiger partial charge in [-0.2, -0.15) is 0 Å². The van der Waals surface area contributed by atoms with Crippen LogP contribution in [0.25, 0.3) is 0 Å². The minimum atomic E-state index is -2.59. The normalized spacial score (nSPS) is 12.6. The Bertz CT molecular complexity index is 387. The Balaban J connectivity index is 4.22. The van der Waals surface area contributed by atoms with Crippen LogP contribution in [0.15, 0.2) is 0 Å². The van der Waals surface area contributed by atoms with E-state index >= 15 is 0 Å². The second-order valence-corrected chi connectivity index (χ2v) is 12.3. The lowest BCUT2D eigenvalue weighted by Crippen LogP contribution is -2.46. The van der Waals surface area contributed by atoms with Crippen molar-refractivity contribution >= 4 is 26.5 Å². The van der Waals surface area contributed by atoms with Crippen LogP contribution in [0.4, 0.5) is 0 Å². The van der Waals surface area contributed by atoms with Crippen molar-refractivity contribution in [2.24, 2.45) is 5.92 Å². The lowest BCUT2D eigenvalue weighted by molar-refractivity contribution is -0.145. The Hall–Kier alpha value is -0.0831. The number of hydrogen-bond donors (Lipinski definition) is 0. The van der Waals surface area contributed by atoms with Gasteiger partial charge in [0.25, 0.3) is 0 Å². The second-order valence-electron chi connectivity index (χ2n) is 7.82. The number of ether oxygens (including phenoxy) is 1. The van der Waals surface area contributed by atoms with Crippen molar-refractivity contribution in [1.29, 1.82) is 0 Å². The summed E-state index contributed by atoms with van der Waals surface area (Å²) in [5.74, 6) is 1.47. The van der Waals surface area contributed by atoms with E-state index in [4.69, 9.17) is 18.0 Å². The van der Waals surface area contributed by atoms with Gasteiger partial charge in [0.05, 0.1) is 6.61 Å². The number of unbranched alkanes of at least 4 members (excludes halogenated alkanes) is 2. The molecule has 0 aliphatic rings. The summed E-state index contributed by atoms with van der Waals surface area (Å²) in [7, 11) is -2.59. The summed E-state index contributed by atoms with van der Waals surface area (Å²) >= 11 is 1.63. The molecular formula is C21H44O5SSi. The Labute approximate surface area is 179 Å². The van der Waals surface area contributed by atoms with Gasteiger partial charge in [-0.3, -0.25) is 4.79 Å². The molecule has 0 unspecified atom stereocenters. The molecule has 0 saturated heterocycles. The summed E-state index contributed by atoms with van der Waals surface area (Å²) in [6.07, 6.45) is 5.41. The first-order valence-electron chi connectivity index (χ1n) is 11.0. The monoisotopic (exact) mass is 436 g/mol. The molecule has 0 aliphatic carbocycles. The van der Waals surface area contributed by atoms with E-state index in [2.05, 4.69) is 13.8 Å². The smallest absolute Gasteiger partial charge is 0.465 e. The van der Waals surface area contributed by atoms with Crippen molar-refractivity contribution in [3.05, 3.63) is 0 Å². The third-order valence-electron chi connectivity index (χ3n) is 4.33. The first-order chi connectivity index (χ1) is 13.2. The fourth-order valence-electron chi connectivity index (χ4n) is 2.85. The summed E-state index contributed by atoms with van der Waals surface area (Å²) in [4.78, 5) is 12.4. The van der Waals surface area contributed by atoms with Gasteiger partial charge in [-0.15, -0.1) is 11.8 Å². The molecule has 28 heavy (non-hydrogen) atoms. The maximum absolute atomic E-state index is 12.4. The molecule has 0 aromatic carbocycles. The fraction of sp³-hybridized carbons (Fsp3) is 0.952. The maximum Gasteiger partial charge on any atom is 0.500 e. The van der Waals surface area contributed by atoms with E-state index in [-0.39, 0.29) is 5.97 Å². The number of hydrogen-bond acceptors (Lipinski definition) is 6. The van der Waals surface area contributed by atoms with E-state index in [0.717, 1.165) is 37.0 Å². The van der Waals surface area contributed by atoms with E-state index in [1.165, 1.54) is 12.8 Å². The molecule has 5 nitrogen and oxygen atoms in total. The van der Waals surface area contributed by atoms with Crippen LogP contribution in [0.2, 0.25) is 6.04 Å². The molecule has 0 amide bonds. The van der Waals surface area contributed by atoms with Crippen LogP contribution in [-0.2, 0) is 22.8 Å². The van der Waals surface area contributed by atoms with Crippen LogP contribution >= 0.6 is 11.8 Å². The molecule has 0 atom stereocenters. The van der Waals surface area contributed by atoms with Crippen LogP contribution in [0.1, 0.15) is 80.6 Å². The van der Waals surface area contributed by atoms with Gasteiger partial charge in [-0.25, -0.2) is 0 Å². The van der Waals surface area contributed by atoms with E-state index in [9.17, 15) is 4.79 Å². The molecule has 0 heterocycles. The molecule has 168 valence electrons. The molecule has 0 fully saturated rings. The van der Waals surface area contributed by atoms with Crippen LogP contribution in [0.5, 0.6) is 0 Å². The van der Waals surface area contributed by atoms with E-state index in [1.807, 2.05) is 34.6 Å². The summed E-state index contributed by atoms with van der Waals surface area (Å²) in [6, 6.07) is 0.774. The molecule has 0 aliphatic heterocycles. The topological polar surface area (TPSA) is 54.0 Å². The number of esters is 1. The van der Waals surface area contributed by atoms with Crippen molar-refractivity contribution < 1.29 is 22.8 Å². The van der Waals surface area contributed by atoms with Crippen molar-refractivity contribution in [1.82, 2.24) is 0 Å². The largest absolute Gasteiger partial charge is 0.500 e. The van der Waals surface area contributed by atoms with Crippen LogP contribution in [-0.4, -0.2) is 51.7 Å². The van der Waals surface area contributed by atoms with Crippen LogP contribution < -0.4 is 0 Å². The zero-order chi connectivity index (χ0) is 21.5. The number of carbonyl (C=O) groups is 1. The maximum atomic E-state index is 12.4. The quantitative estimate of drug-likeness (QED) is 0.156. The number of carbonyl (C=O) groups excluding carboxylic acids is 1. The van der Waals surface area contributed by atoms with Crippen LogP contribution in [0.3, 0.4) is 0 Å². The molecule has 0 bridgehead atoms. The fourth-order valence-corrected chi connectivity index (χ4v) is 6.69. The molecule has 7 heteroatoms. The molecule has 0 rings (SSSR count). The van der Waals surface area contributed by atoms with E-state index in [1.54, 1.807) is 11.8 Å². The van der Waals surface area contributed by atoms with Crippen molar-refractivity contribution in [2.75, 3.05) is 32.2 Å². The molecule has 0 spiro atoms. The highest BCUT2D eigenvalue weighted by molar-refractivity contribution is 8.01. The Morgan fingerprint density at radius 1 is 0.929 bits per heavy atom. The third kappa shape index (κ3) is 12.5. The summed E-state index contributed by atoms with van der Waals surface area (Å²) in [6.45, 7) is 16.6. The minimum absolute atomic E-state index is 0.121. The summed E-state index contributed by atoms with van der Waals surface area (Å²) in [5, 5.41) is 0. The summed E-state index contributed by atoms with van der Waals surface area (Å²) in [5.41, 5.74) is 0. The second kappa shape index (κ2) is 15.7. The third-order valence-corrected chi connectivity index (χ3v) is 8.87. The van der Waals surface area contributed by atoms with Gasteiger partial charge in [0.15, 0.2) is 0 Å². The molecule has 0 aromatic rings. The Kier molecular flexibility index (Phi) is 15.7. The average Bonchev–Trinajstić information content (AvgIpc) is 2.62. The van der Waals surface area contributed by atoms with Gasteiger partial charge >= 0.3 is 14.8 Å². The lowest BCUT2D eigenvalue weighted by atomic mass is 10.1. The molecule has 0 N–H and O–H groups in total. The molecule has 0 aromatic heterocycles. The van der Waals surface area contributed by atoms with Gasteiger partial charge in [0.2, 0.25) is 0 Å².